The Balaban J connectivity index is 2.09. The zero-order chi connectivity index (χ0) is 15.0. The number of benzene rings is 1. The Morgan fingerprint density at radius 1 is 1.43 bits per heavy atom. The lowest BCUT2D eigenvalue weighted by molar-refractivity contribution is 0.106. The van der Waals surface area contributed by atoms with E-state index in [1.54, 1.807) is 14.0 Å². The monoisotopic (exact) mass is 310 g/mol. The number of hydrogen-bond acceptors (Lipinski definition) is 2. The number of hydrogen-bond donors (Lipinski definition) is 0. The highest BCUT2D eigenvalue weighted by Crippen LogP contribution is 2.35. The van der Waals surface area contributed by atoms with Crippen LogP contribution < -0.4 is 0 Å². The number of nitrogens with zero attached hydrogens (tertiary/aromatic N) is 2. The van der Waals surface area contributed by atoms with Crippen LogP contribution in [0.25, 0.3) is 11.0 Å². The third-order valence-corrected chi connectivity index (χ3v) is 4.61. The molecule has 1 aliphatic carbocycles. The molecule has 0 saturated heterocycles. The first-order valence-electron chi connectivity index (χ1n) is 7.39. The van der Waals surface area contributed by atoms with Gasteiger partial charge in [0.2, 0.25) is 0 Å². The molecule has 1 aromatic heterocycles. The highest BCUT2D eigenvalue weighted by molar-refractivity contribution is 6.17. The second kappa shape index (κ2) is 5.93. The lowest BCUT2D eigenvalue weighted by Crippen LogP contribution is -2.12. The van der Waals surface area contributed by atoms with Crippen LogP contribution in [0.1, 0.15) is 36.7 Å². The molecule has 0 radical (unpaired) electrons. The second-order valence-electron chi connectivity index (χ2n) is 5.75. The summed E-state index contributed by atoms with van der Waals surface area (Å²) in [5.74, 6) is 1.27. The maximum Gasteiger partial charge on any atom is 0.128 e. The third kappa shape index (κ3) is 2.67. The lowest BCUT2D eigenvalue weighted by atomic mass is 10.2. The van der Waals surface area contributed by atoms with E-state index >= 15 is 0 Å². The highest BCUT2D eigenvalue weighted by Gasteiger charge is 2.28. The maximum absolute atomic E-state index is 13.8. The van der Waals surface area contributed by atoms with E-state index < -0.39 is 0 Å². The molecular formula is C16H20ClFN2O. The Bertz CT molecular complexity index is 655. The molecule has 2 atom stereocenters. The minimum absolute atomic E-state index is 0.203. The molecule has 1 aromatic carbocycles. The predicted molar refractivity (Wildman–Crippen MR) is 82.5 cm³/mol. The van der Waals surface area contributed by atoms with E-state index in [1.807, 2.05) is 6.07 Å². The maximum atomic E-state index is 13.8. The molecule has 3 nitrogen and oxygen atoms in total. The highest BCUT2D eigenvalue weighted by atomic mass is 35.5. The zero-order valence-electron chi connectivity index (χ0n) is 12.4. The SMILES string of the molecule is COC1CCC(n2c(CCCl)nc3cc(F)c(C)cc32)C1. The van der Waals surface area contributed by atoms with Crippen molar-refractivity contribution in [1.82, 2.24) is 9.55 Å². The van der Waals surface area contributed by atoms with Gasteiger partial charge in [-0.25, -0.2) is 9.37 Å². The van der Waals surface area contributed by atoms with E-state index in [1.165, 1.54) is 6.07 Å². The molecular weight excluding hydrogens is 291 g/mol. The van der Waals surface area contributed by atoms with E-state index in [4.69, 9.17) is 16.3 Å². The molecule has 0 amide bonds. The summed E-state index contributed by atoms with van der Waals surface area (Å²) in [6, 6.07) is 3.79. The van der Waals surface area contributed by atoms with Gasteiger partial charge in [-0.05, 0) is 37.8 Å². The van der Waals surface area contributed by atoms with Crippen LogP contribution in [0.15, 0.2) is 12.1 Å². The standard InChI is InChI=1S/C16H20ClFN2O/c1-10-7-15-14(9-13(10)18)19-16(5-6-17)20(15)11-3-4-12(8-11)21-2/h7,9,11-12H,3-6,8H2,1-2H3. The van der Waals surface area contributed by atoms with Crippen LogP contribution in [0.2, 0.25) is 0 Å². The van der Waals surface area contributed by atoms with E-state index in [-0.39, 0.29) is 5.82 Å². The predicted octanol–water partition coefficient (Wildman–Crippen LogP) is 4.01. The molecule has 2 aromatic rings. The first kappa shape index (κ1) is 14.8. The van der Waals surface area contributed by atoms with Gasteiger partial charge < -0.3 is 9.30 Å². The average molecular weight is 311 g/mol. The number of imidazole rings is 1. The van der Waals surface area contributed by atoms with Crippen LogP contribution in [-0.2, 0) is 11.2 Å². The van der Waals surface area contributed by atoms with E-state index in [0.717, 1.165) is 36.1 Å². The van der Waals surface area contributed by atoms with Gasteiger partial charge in [0.05, 0.1) is 17.1 Å². The molecule has 1 saturated carbocycles. The summed E-state index contributed by atoms with van der Waals surface area (Å²) in [7, 11) is 1.76. The van der Waals surface area contributed by atoms with Gasteiger partial charge in [0, 0.05) is 31.5 Å². The summed E-state index contributed by atoms with van der Waals surface area (Å²) in [4.78, 5) is 4.60. The van der Waals surface area contributed by atoms with E-state index in [0.29, 0.717) is 30.0 Å². The van der Waals surface area contributed by atoms with Gasteiger partial charge in [0.25, 0.3) is 0 Å². The van der Waals surface area contributed by atoms with Crippen LogP contribution in [0.3, 0.4) is 0 Å². The molecule has 1 heterocycles. The van der Waals surface area contributed by atoms with Gasteiger partial charge in [-0.1, -0.05) is 0 Å². The van der Waals surface area contributed by atoms with Crippen LogP contribution in [0.5, 0.6) is 0 Å². The Morgan fingerprint density at radius 3 is 2.90 bits per heavy atom. The number of alkyl halides is 1. The molecule has 0 spiro atoms. The topological polar surface area (TPSA) is 27.1 Å². The van der Waals surface area contributed by atoms with Gasteiger partial charge in [-0.15, -0.1) is 11.6 Å². The summed E-state index contributed by atoms with van der Waals surface area (Å²) in [5, 5.41) is 0. The van der Waals surface area contributed by atoms with Crippen molar-refractivity contribution in [1.29, 1.82) is 0 Å². The van der Waals surface area contributed by atoms with Crippen molar-refractivity contribution in [2.75, 3.05) is 13.0 Å². The van der Waals surface area contributed by atoms with Crippen LogP contribution in [-0.4, -0.2) is 28.6 Å². The first-order chi connectivity index (χ1) is 10.1. The van der Waals surface area contributed by atoms with Gasteiger partial charge in [0.1, 0.15) is 11.6 Å². The van der Waals surface area contributed by atoms with Crippen molar-refractivity contribution in [2.24, 2.45) is 0 Å². The number of aromatic nitrogens is 2. The van der Waals surface area contributed by atoms with Crippen LogP contribution in [0, 0.1) is 12.7 Å². The number of methoxy groups -OCH3 is 1. The van der Waals surface area contributed by atoms with Gasteiger partial charge in [-0.3, -0.25) is 0 Å². The van der Waals surface area contributed by atoms with E-state index in [9.17, 15) is 4.39 Å². The summed E-state index contributed by atoms with van der Waals surface area (Å²) in [5.41, 5.74) is 2.39. The Morgan fingerprint density at radius 2 is 2.24 bits per heavy atom. The number of fused-ring (bicyclic) bond motifs is 1. The average Bonchev–Trinajstić information content (AvgIpc) is 3.04. The zero-order valence-corrected chi connectivity index (χ0v) is 13.2. The lowest BCUT2D eigenvalue weighted by Gasteiger charge is -2.17. The summed E-state index contributed by atoms with van der Waals surface area (Å²) >= 11 is 5.91. The summed E-state index contributed by atoms with van der Waals surface area (Å²) in [6.07, 6.45) is 4.10. The largest absolute Gasteiger partial charge is 0.381 e. The fourth-order valence-electron chi connectivity index (χ4n) is 3.30. The summed E-state index contributed by atoms with van der Waals surface area (Å²) in [6.45, 7) is 1.79. The Labute approximate surface area is 129 Å². The van der Waals surface area contributed by atoms with Gasteiger partial charge >= 0.3 is 0 Å². The molecule has 2 unspecified atom stereocenters. The van der Waals surface area contributed by atoms with Crippen molar-refractivity contribution in [3.63, 3.8) is 0 Å². The molecule has 114 valence electrons. The van der Waals surface area contributed by atoms with Gasteiger partial charge in [-0.2, -0.15) is 0 Å². The smallest absolute Gasteiger partial charge is 0.128 e. The number of rotatable bonds is 4. The molecule has 1 aliphatic rings. The van der Waals surface area contributed by atoms with Crippen LogP contribution in [0.4, 0.5) is 4.39 Å². The number of aryl methyl sites for hydroxylation is 2. The fourth-order valence-corrected chi connectivity index (χ4v) is 3.47. The summed E-state index contributed by atoms with van der Waals surface area (Å²) < 4.78 is 21.5. The molecule has 0 aliphatic heterocycles. The van der Waals surface area contributed by atoms with Crippen LogP contribution >= 0.6 is 11.6 Å². The minimum Gasteiger partial charge on any atom is -0.381 e. The fraction of sp³-hybridized carbons (Fsp3) is 0.562. The molecule has 5 heteroatoms. The van der Waals surface area contributed by atoms with Crippen molar-refractivity contribution < 1.29 is 9.13 Å². The second-order valence-corrected chi connectivity index (χ2v) is 6.13. The molecule has 0 bridgehead atoms. The normalized spacial score (nSPS) is 22.3. The van der Waals surface area contributed by atoms with Crippen molar-refractivity contribution in [2.45, 2.75) is 44.8 Å². The number of halogens is 2. The molecule has 3 rings (SSSR count). The number of ether oxygens (including phenoxy) is 1. The third-order valence-electron chi connectivity index (χ3n) is 4.42. The van der Waals surface area contributed by atoms with Crippen molar-refractivity contribution in [3.8, 4) is 0 Å². The Kier molecular flexibility index (Phi) is 4.18. The molecule has 1 fully saturated rings. The molecule has 0 N–H and O–H groups in total. The van der Waals surface area contributed by atoms with E-state index in [2.05, 4.69) is 9.55 Å². The van der Waals surface area contributed by atoms with Crippen molar-refractivity contribution in [3.05, 3.63) is 29.3 Å². The Hall–Kier alpha value is -1.13. The quantitative estimate of drug-likeness (QED) is 0.798. The van der Waals surface area contributed by atoms with Crippen molar-refractivity contribution >= 4 is 22.6 Å². The minimum atomic E-state index is -0.203. The molecule has 21 heavy (non-hydrogen) atoms. The van der Waals surface area contributed by atoms with Gasteiger partial charge in [0.15, 0.2) is 0 Å². The first-order valence-corrected chi connectivity index (χ1v) is 7.93.